The van der Waals surface area contributed by atoms with Crippen molar-refractivity contribution in [3.8, 4) is 0 Å². The molecule has 4 nitrogen and oxygen atoms in total. The third kappa shape index (κ3) is 3.07. The Morgan fingerprint density at radius 1 is 1.12 bits per heavy atom. The van der Waals surface area contributed by atoms with E-state index >= 15 is 0 Å². The summed E-state index contributed by atoms with van der Waals surface area (Å²) in [5, 5.41) is 4.75. The zero-order valence-electron chi connectivity index (χ0n) is 14.3. The Hall–Kier alpha value is -2.88. The second-order valence-corrected chi connectivity index (χ2v) is 6.58. The van der Waals surface area contributed by atoms with Crippen LogP contribution in [0.4, 0.5) is 5.69 Å². The van der Waals surface area contributed by atoms with Crippen molar-refractivity contribution < 1.29 is 4.79 Å². The largest absolute Gasteiger partial charge is 0.380 e. The summed E-state index contributed by atoms with van der Waals surface area (Å²) in [6.45, 7) is 3.59. The van der Waals surface area contributed by atoms with Gasteiger partial charge in [-0.15, -0.1) is 0 Å². The van der Waals surface area contributed by atoms with E-state index in [1.165, 1.54) is 5.56 Å². The molecule has 0 saturated carbocycles. The topological polar surface area (TPSA) is 45.2 Å². The molecule has 0 spiro atoms. The Morgan fingerprint density at radius 2 is 1.96 bits per heavy atom. The average Bonchev–Trinajstić information content (AvgIpc) is 3.11. The molecule has 1 amide bonds. The minimum atomic E-state index is 0.111. The monoisotopic (exact) mass is 331 g/mol. The highest BCUT2D eigenvalue weighted by Crippen LogP contribution is 2.26. The molecule has 1 saturated heterocycles. The highest BCUT2D eigenvalue weighted by molar-refractivity contribution is 5.95. The summed E-state index contributed by atoms with van der Waals surface area (Å²) in [7, 11) is 0. The molecular weight excluding hydrogens is 310 g/mol. The molecule has 1 aliphatic rings. The first kappa shape index (κ1) is 15.6. The van der Waals surface area contributed by atoms with Crippen LogP contribution >= 0.6 is 0 Å². The summed E-state index contributed by atoms with van der Waals surface area (Å²) >= 11 is 0. The molecule has 1 aromatic heterocycles. The Kier molecular flexibility index (Phi) is 4.10. The molecule has 2 heterocycles. The fourth-order valence-corrected chi connectivity index (χ4v) is 3.50. The Labute approximate surface area is 147 Å². The first-order valence-electron chi connectivity index (χ1n) is 8.67. The van der Waals surface area contributed by atoms with Gasteiger partial charge in [0.25, 0.3) is 5.91 Å². The van der Waals surface area contributed by atoms with Gasteiger partial charge in [0.05, 0.1) is 5.52 Å². The van der Waals surface area contributed by atoms with E-state index in [-0.39, 0.29) is 11.9 Å². The van der Waals surface area contributed by atoms with Crippen molar-refractivity contribution in [2.24, 2.45) is 0 Å². The predicted molar refractivity (Wildman–Crippen MR) is 101 cm³/mol. The van der Waals surface area contributed by atoms with Crippen molar-refractivity contribution >= 4 is 22.5 Å². The lowest BCUT2D eigenvalue weighted by molar-refractivity contribution is 0.0791. The van der Waals surface area contributed by atoms with Crippen molar-refractivity contribution in [1.82, 2.24) is 9.88 Å². The molecule has 4 heteroatoms. The summed E-state index contributed by atoms with van der Waals surface area (Å²) in [5.74, 6) is 0.111. The minimum Gasteiger partial charge on any atom is -0.380 e. The fraction of sp³-hybridized carbons (Fsp3) is 0.238. The first-order valence-corrected chi connectivity index (χ1v) is 8.67. The molecule has 0 aliphatic carbocycles. The maximum atomic E-state index is 12.6. The summed E-state index contributed by atoms with van der Waals surface area (Å²) in [5.41, 5.74) is 4.05. The minimum absolute atomic E-state index is 0.111. The van der Waals surface area contributed by atoms with E-state index in [0.717, 1.165) is 41.7 Å². The number of pyridine rings is 1. The highest BCUT2D eigenvalue weighted by Gasteiger charge is 2.27. The third-order valence-electron chi connectivity index (χ3n) is 4.83. The van der Waals surface area contributed by atoms with Crippen LogP contribution in [0.15, 0.2) is 60.8 Å². The Balaban J connectivity index is 1.50. The van der Waals surface area contributed by atoms with Gasteiger partial charge in [0.15, 0.2) is 0 Å². The third-order valence-corrected chi connectivity index (χ3v) is 4.83. The summed E-state index contributed by atoms with van der Waals surface area (Å²) in [6.07, 6.45) is 2.80. The first-order chi connectivity index (χ1) is 12.2. The van der Waals surface area contributed by atoms with Gasteiger partial charge < -0.3 is 10.2 Å². The van der Waals surface area contributed by atoms with Crippen molar-refractivity contribution in [2.75, 3.05) is 18.4 Å². The van der Waals surface area contributed by atoms with E-state index in [2.05, 4.69) is 35.4 Å². The summed E-state index contributed by atoms with van der Waals surface area (Å²) < 4.78 is 0. The van der Waals surface area contributed by atoms with Gasteiger partial charge in [-0.1, -0.05) is 36.4 Å². The molecule has 1 fully saturated rings. The van der Waals surface area contributed by atoms with Crippen LogP contribution in [0.5, 0.6) is 0 Å². The maximum absolute atomic E-state index is 12.6. The highest BCUT2D eigenvalue weighted by atomic mass is 16.2. The number of hydrogen-bond donors (Lipinski definition) is 1. The van der Waals surface area contributed by atoms with Crippen molar-refractivity contribution in [2.45, 2.75) is 19.4 Å². The van der Waals surface area contributed by atoms with Gasteiger partial charge in [-0.2, -0.15) is 0 Å². The van der Waals surface area contributed by atoms with Crippen LogP contribution in [0.25, 0.3) is 10.9 Å². The number of hydrogen-bond acceptors (Lipinski definition) is 3. The van der Waals surface area contributed by atoms with Crippen molar-refractivity contribution in [3.63, 3.8) is 0 Å². The lowest BCUT2D eigenvalue weighted by Crippen LogP contribution is -2.31. The van der Waals surface area contributed by atoms with Crippen LogP contribution in [0, 0.1) is 6.92 Å². The number of para-hydroxylation sites is 1. The predicted octanol–water partition coefficient (Wildman–Crippen LogP) is 3.87. The number of nitrogens with zero attached hydrogens (tertiary/aromatic N) is 2. The van der Waals surface area contributed by atoms with Crippen molar-refractivity contribution in [3.05, 3.63) is 71.9 Å². The lowest BCUT2D eigenvalue weighted by Gasteiger charge is -2.18. The van der Waals surface area contributed by atoms with E-state index in [1.807, 2.05) is 47.5 Å². The zero-order valence-corrected chi connectivity index (χ0v) is 14.3. The maximum Gasteiger partial charge on any atom is 0.253 e. The van der Waals surface area contributed by atoms with Gasteiger partial charge in [0, 0.05) is 42.0 Å². The molecule has 0 radical (unpaired) electrons. The van der Waals surface area contributed by atoms with E-state index in [4.69, 9.17) is 0 Å². The molecule has 126 valence electrons. The second-order valence-electron chi connectivity index (χ2n) is 6.58. The van der Waals surface area contributed by atoms with E-state index in [9.17, 15) is 4.79 Å². The number of likely N-dealkylation sites (tertiary alicyclic amines) is 1. The lowest BCUT2D eigenvalue weighted by atomic mass is 10.1. The molecule has 1 unspecified atom stereocenters. The van der Waals surface area contributed by atoms with Gasteiger partial charge in [-0.3, -0.25) is 9.78 Å². The van der Waals surface area contributed by atoms with E-state index < -0.39 is 0 Å². The SMILES string of the molecule is Cc1cccc2c(NC3CCN(C(=O)c4ccccc4)C3)ccnc12. The van der Waals surface area contributed by atoms with Crippen LogP contribution in [0.2, 0.25) is 0 Å². The smallest absolute Gasteiger partial charge is 0.253 e. The van der Waals surface area contributed by atoms with Crippen LogP contribution in [0.1, 0.15) is 22.3 Å². The molecule has 1 atom stereocenters. The number of carbonyl (C=O) groups excluding carboxylic acids is 1. The van der Waals surface area contributed by atoms with Crippen LogP contribution in [-0.4, -0.2) is 34.9 Å². The summed E-state index contributed by atoms with van der Waals surface area (Å²) in [6, 6.07) is 18.0. The van der Waals surface area contributed by atoms with Crippen LogP contribution in [0.3, 0.4) is 0 Å². The van der Waals surface area contributed by atoms with E-state index in [0.29, 0.717) is 0 Å². The van der Waals surface area contributed by atoms with Gasteiger partial charge >= 0.3 is 0 Å². The number of carbonyl (C=O) groups is 1. The molecule has 3 aromatic rings. The molecular formula is C21H21N3O. The summed E-state index contributed by atoms with van der Waals surface area (Å²) in [4.78, 5) is 19.0. The zero-order chi connectivity index (χ0) is 17.2. The number of aryl methyl sites for hydroxylation is 1. The molecule has 4 rings (SSSR count). The number of fused-ring (bicyclic) bond motifs is 1. The van der Waals surface area contributed by atoms with E-state index in [1.54, 1.807) is 0 Å². The molecule has 1 N–H and O–H groups in total. The molecule has 2 aromatic carbocycles. The number of aromatic nitrogens is 1. The molecule has 0 bridgehead atoms. The van der Waals surface area contributed by atoms with Gasteiger partial charge in [-0.25, -0.2) is 0 Å². The fourth-order valence-electron chi connectivity index (χ4n) is 3.50. The van der Waals surface area contributed by atoms with Gasteiger partial charge in [0.1, 0.15) is 0 Å². The molecule has 25 heavy (non-hydrogen) atoms. The molecule has 1 aliphatic heterocycles. The average molecular weight is 331 g/mol. The number of anilines is 1. The van der Waals surface area contributed by atoms with Crippen LogP contribution < -0.4 is 5.32 Å². The standard InChI is InChI=1S/C21H21N3O/c1-15-6-5-9-18-19(10-12-22-20(15)18)23-17-11-13-24(14-17)21(25)16-7-3-2-4-8-16/h2-10,12,17H,11,13-14H2,1H3,(H,22,23). The number of benzene rings is 2. The number of rotatable bonds is 3. The Bertz CT molecular complexity index is 907. The number of nitrogens with one attached hydrogen (secondary N) is 1. The second kappa shape index (κ2) is 6.55. The number of amides is 1. The van der Waals surface area contributed by atoms with Crippen LogP contribution in [-0.2, 0) is 0 Å². The van der Waals surface area contributed by atoms with Crippen molar-refractivity contribution in [1.29, 1.82) is 0 Å². The quantitative estimate of drug-likeness (QED) is 0.792. The Morgan fingerprint density at radius 3 is 2.80 bits per heavy atom. The normalized spacial score (nSPS) is 17.0. The van der Waals surface area contributed by atoms with Gasteiger partial charge in [0.2, 0.25) is 0 Å². The van der Waals surface area contributed by atoms with Gasteiger partial charge in [-0.05, 0) is 37.1 Å².